The zero-order valence-electron chi connectivity index (χ0n) is 10.5. The number of rotatable bonds is 4. The van der Waals surface area contributed by atoms with Crippen molar-refractivity contribution in [3.63, 3.8) is 0 Å². The van der Waals surface area contributed by atoms with Gasteiger partial charge in [-0.1, -0.05) is 6.92 Å². The van der Waals surface area contributed by atoms with Gasteiger partial charge in [-0.3, -0.25) is 10.1 Å². The third-order valence-electron chi connectivity index (χ3n) is 1.91. The third-order valence-corrected chi connectivity index (χ3v) is 1.91. The highest BCUT2D eigenvalue weighted by atomic mass is 16.6. The van der Waals surface area contributed by atoms with E-state index in [-0.39, 0.29) is 18.2 Å². The van der Waals surface area contributed by atoms with Gasteiger partial charge in [0.05, 0.1) is 0 Å². The second-order valence-electron chi connectivity index (χ2n) is 4.93. The normalized spacial score (nSPS) is 13.1. The van der Waals surface area contributed by atoms with Gasteiger partial charge in [0.2, 0.25) is 5.91 Å². The van der Waals surface area contributed by atoms with Gasteiger partial charge >= 0.3 is 6.09 Å². The van der Waals surface area contributed by atoms with Crippen LogP contribution in [-0.4, -0.2) is 24.1 Å². The summed E-state index contributed by atoms with van der Waals surface area (Å²) in [6, 6.07) is 0. The molecule has 0 aromatic rings. The van der Waals surface area contributed by atoms with E-state index in [1.54, 1.807) is 20.8 Å². The third kappa shape index (κ3) is 8.23. The topological polar surface area (TPSA) is 81.4 Å². The van der Waals surface area contributed by atoms with E-state index in [4.69, 9.17) is 10.5 Å². The first-order valence-electron chi connectivity index (χ1n) is 5.47. The van der Waals surface area contributed by atoms with Crippen molar-refractivity contribution in [2.24, 2.45) is 11.7 Å². The molecule has 0 aromatic carbocycles. The summed E-state index contributed by atoms with van der Waals surface area (Å²) in [6.45, 7) is 7.73. The summed E-state index contributed by atoms with van der Waals surface area (Å²) in [5.41, 5.74) is 4.83. The molecule has 2 amide bonds. The fraction of sp³-hybridized carbons (Fsp3) is 0.818. The zero-order valence-corrected chi connectivity index (χ0v) is 10.5. The maximum atomic E-state index is 11.3. The Morgan fingerprint density at radius 2 is 1.94 bits per heavy atom. The molecule has 0 aliphatic rings. The Hall–Kier alpha value is -1.10. The van der Waals surface area contributed by atoms with Gasteiger partial charge in [0.15, 0.2) is 0 Å². The van der Waals surface area contributed by atoms with Crippen molar-refractivity contribution < 1.29 is 14.3 Å². The fourth-order valence-corrected chi connectivity index (χ4v) is 0.975. The van der Waals surface area contributed by atoms with Crippen LogP contribution in [0, 0.1) is 5.92 Å². The Morgan fingerprint density at radius 3 is 2.38 bits per heavy atom. The summed E-state index contributed by atoms with van der Waals surface area (Å²) in [6.07, 6.45) is 0.265. The quantitative estimate of drug-likeness (QED) is 0.765. The maximum Gasteiger partial charge on any atom is 0.414 e. The monoisotopic (exact) mass is 230 g/mol. The van der Waals surface area contributed by atoms with Gasteiger partial charge in [-0.25, -0.2) is 4.79 Å². The minimum Gasteiger partial charge on any atom is -0.444 e. The average molecular weight is 230 g/mol. The minimum atomic E-state index is -0.696. The van der Waals surface area contributed by atoms with Crippen molar-refractivity contribution in [2.75, 3.05) is 6.54 Å². The van der Waals surface area contributed by atoms with Crippen LogP contribution in [0.5, 0.6) is 0 Å². The largest absolute Gasteiger partial charge is 0.444 e. The number of nitrogens with one attached hydrogen (secondary N) is 1. The smallest absolute Gasteiger partial charge is 0.414 e. The standard InChI is InChI=1S/C11H22N2O3/c1-8(7-12)5-6-9(14)13-10(15)16-11(2,3)4/h8H,5-7,12H2,1-4H3,(H,13,14,15)/t8-/m0/s1. The predicted octanol–water partition coefficient (Wildman–Crippen LogP) is 1.41. The molecule has 1 atom stereocenters. The number of nitrogens with two attached hydrogens (primary N) is 1. The van der Waals surface area contributed by atoms with E-state index in [0.29, 0.717) is 13.0 Å². The predicted molar refractivity (Wildman–Crippen MR) is 61.8 cm³/mol. The van der Waals surface area contributed by atoms with E-state index in [9.17, 15) is 9.59 Å². The van der Waals surface area contributed by atoms with Crippen LogP contribution in [0.15, 0.2) is 0 Å². The zero-order chi connectivity index (χ0) is 12.8. The van der Waals surface area contributed by atoms with E-state index < -0.39 is 11.7 Å². The summed E-state index contributed by atoms with van der Waals surface area (Å²) in [4.78, 5) is 22.5. The van der Waals surface area contributed by atoms with Crippen LogP contribution in [0.2, 0.25) is 0 Å². The summed E-state index contributed by atoms with van der Waals surface area (Å²) in [7, 11) is 0. The van der Waals surface area contributed by atoms with Gasteiger partial charge in [-0.15, -0.1) is 0 Å². The Balaban J connectivity index is 3.84. The highest BCUT2D eigenvalue weighted by Gasteiger charge is 2.18. The maximum absolute atomic E-state index is 11.3. The summed E-state index contributed by atoms with van der Waals surface area (Å²) >= 11 is 0. The summed E-state index contributed by atoms with van der Waals surface area (Å²) in [5, 5.41) is 2.18. The van der Waals surface area contributed by atoms with Crippen LogP contribution in [0.1, 0.15) is 40.5 Å². The molecule has 0 unspecified atom stereocenters. The number of imide groups is 1. The van der Waals surface area contributed by atoms with Gasteiger partial charge < -0.3 is 10.5 Å². The average Bonchev–Trinajstić information content (AvgIpc) is 2.10. The molecule has 0 saturated carbocycles. The Morgan fingerprint density at radius 1 is 1.38 bits per heavy atom. The van der Waals surface area contributed by atoms with E-state index in [2.05, 4.69) is 5.32 Å². The molecule has 0 rings (SSSR count). The van der Waals surface area contributed by atoms with Gasteiger partial charge in [-0.05, 0) is 39.7 Å². The molecule has 0 aromatic heterocycles. The SMILES string of the molecule is C[C@H](CN)CCC(=O)NC(=O)OC(C)(C)C. The molecule has 94 valence electrons. The molecule has 0 spiro atoms. The van der Waals surface area contributed by atoms with Crippen LogP contribution in [0.3, 0.4) is 0 Å². The lowest BCUT2D eigenvalue weighted by atomic mass is 10.1. The van der Waals surface area contributed by atoms with Gasteiger partial charge in [0, 0.05) is 6.42 Å². The molecule has 0 fully saturated rings. The van der Waals surface area contributed by atoms with Gasteiger partial charge in [-0.2, -0.15) is 0 Å². The second-order valence-corrected chi connectivity index (χ2v) is 4.93. The van der Waals surface area contributed by atoms with Crippen LogP contribution < -0.4 is 11.1 Å². The van der Waals surface area contributed by atoms with Crippen molar-refractivity contribution in [3.05, 3.63) is 0 Å². The van der Waals surface area contributed by atoms with E-state index in [0.717, 1.165) is 0 Å². The van der Waals surface area contributed by atoms with Crippen LogP contribution in [0.25, 0.3) is 0 Å². The Labute approximate surface area is 96.7 Å². The van der Waals surface area contributed by atoms with E-state index >= 15 is 0 Å². The Kier molecular flexibility index (Phi) is 6.03. The lowest BCUT2D eigenvalue weighted by Crippen LogP contribution is -2.36. The fourth-order valence-electron chi connectivity index (χ4n) is 0.975. The first-order valence-corrected chi connectivity index (χ1v) is 5.47. The molecule has 0 aliphatic heterocycles. The highest BCUT2D eigenvalue weighted by molar-refractivity contribution is 5.91. The molecule has 16 heavy (non-hydrogen) atoms. The number of alkyl carbamates (subject to hydrolysis) is 1. The van der Waals surface area contributed by atoms with Crippen molar-refractivity contribution in [2.45, 2.75) is 46.1 Å². The molecule has 0 aliphatic carbocycles. The molecule has 3 N–H and O–H groups in total. The first kappa shape index (κ1) is 14.9. The molecule has 0 saturated heterocycles. The van der Waals surface area contributed by atoms with Crippen LogP contribution >= 0.6 is 0 Å². The second kappa shape index (κ2) is 6.48. The van der Waals surface area contributed by atoms with Crippen molar-refractivity contribution in [1.82, 2.24) is 5.32 Å². The van der Waals surface area contributed by atoms with Crippen molar-refractivity contribution in [3.8, 4) is 0 Å². The molecule has 5 nitrogen and oxygen atoms in total. The molecule has 0 bridgehead atoms. The lowest BCUT2D eigenvalue weighted by Gasteiger charge is -2.19. The summed E-state index contributed by atoms with van der Waals surface area (Å²) < 4.78 is 4.95. The van der Waals surface area contributed by atoms with Crippen molar-refractivity contribution >= 4 is 12.0 Å². The van der Waals surface area contributed by atoms with E-state index in [1.165, 1.54) is 0 Å². The highest BCUT2D eigenvalue weighted by Crippen LogP contribution is 2.07. The first-order chi connectivity index (χ1) is 7.24. The summed E-state index contributed by atoms with van der Waals surface area (Å²) in [5.74, 6) is -0.0427. The van der Waals surface area contributed by atoms with E-state index in [1.807, 2.05) is 6.92 Å². The minimum absolute atomic E-state index is 0.282. The lowest BCUT2D eigenvalue weighted by molar-refractivity contribution is -0.121. The number of ether oxygens (including phenoxy) is 1. The van der Waals surface area contributed by atoms with Gasteiger partial charge in [0.1, 0.15) is 5.60 Å². The van der Waals surface area contributed by atoms with Crippen molar-refractivity contribution in [1.29, 1.82) is 0 Å². The molecule has 0 radical (unpaired) electrons. The van der Waals surface area contributed by atoms with Crippen LogP contribution in [0.4, 0.5) is 4.79 Å². The molecule has 0 heterocycles. The van der Waals surface area contributed by atoms with Crippen LogP contribution in [-0.2, 0) is 9.53 Å². The molecular formula is C11H22N2O3. The number of carbonyl (C=O) groups excluding carboxylic acids is 2. The molecule has 5 heteroatoms. The number of amides is 2. The Bertz CT molecular complexity index is 246. The molecular weight excluding hydrogens is 208 g/mol. The number of hydrogen-bond donors (Lipinski definition) is 2. The number of hydrogen-bond acceptors (Lipinski definition) is 4. The number of carbonyl (C=O) groups is 2. The van der Waals surface area contributed by atoms with Gasteiger partial charge in [0.25, 0.3) is 0 Å².